The van der Waals surface area contributed by atoms with Crippen molar-refractivity contribution >= 4 is 12.6 Å². The SMILES string of the molecule is CC(CCS)CCN1CCN(C2CC2)CC1. The third-order valence-corrected chi connectivity index (χ3v) is 4.29. The topological polar surface area (TPSA) is 6.48 Å². The fraction of sp³-hybridized carbons (Fsp3) is 1.00. The minimum atomic E-state index is 0.846. The van der Waals surface area contributed by atoms with Gasteiger partial charge in [-0.15, -0.1) is 0 Å². The molecule has 0 aromatic rings. The largest absolute Gasteiger partial charge is 0.301 e. The summed E-state index contributed by atoms with van der Waals surface area (Å²) in [6.45, 7) is 8.87. The first kappa shape index (κ1) is 12.7. The number of hydrogen-bond acceptors (Lipinski definition) is 3. The molecule has 1 aliphatic heterocycles. The predicted molar refractivity (Wildman–Crippen MR) is 73.3 cm³/mol. The summed E-state index contributed by atoms with van der Waals surface area (Å²) in [7, 11) is 0. The van der Waals surface area contributed by atoms with E-state index >= 15 is 0 Å². The van der Waals surface area contributed by atoms with Gasteiger partial charge in [0.15, 0.2) is 0 Å². The molecule has 1 heterocycles. The molecule has 16 heavy (non-hydrogen) atoms. The molecule has 0 radical (unpaired) electrons. The van der Waals surface area contributed by atoms with Crippen LogP contribution in [0, 0.1) is 5.92 Å². The maximum atomic E-state index is 4.30. The van der Waals surface area contributed by atoms with Crippen LogP contribution in [-0.4, -0.2) is 54.3 Å². The van der Waals surface area contributed by atoms with Crippen LogP contribution in [0.5, 0.6) is 0 Å². The van der Waals surface area contributed by atoms with Crippen LogP contribution >= 0.6 is 12.6 Å². The lowest BCUT2D eigenvalue weighted by molar-refractivity contribution is 0.121. The minimum Gasteiger partial charge on any atom is -0.301 e. The van der Waals surface area contributed by atoms with Crippen molar-refractivity contribution in [2.24, 2.45) is 5.92 Å². The Kier molecular flexibility index (Phi) is 4.98. The van der Waals surface area contributed by atoms with Gasteiger partial charge < -0.3 is 4.90 Å². The average molecular weight is 242 g/mol. The van der Waals surface area contributed by atoms with E-state index in [0.717, 1.165) is 17.7 Å². The first-order chi connectivity index (χ1) is 7.79. The summed E-state index contributed by atoms with van der Waals surface area (Å²) in [5.74, 6) is 1.88. The minimum absolute atomic E-state index is 0.846. The quantitative estimate of drug-likeness (QED) is 0.713. The molecule has 0 spiro atoms. The average Bonchev–Trinajstić information content (AvgIpc) is 3.11. The molecule has 1 unspecified atom stereocenters. The highest BCUT2D eigenvalue weighted by atomic mass is 32.1. The van der Waals surface area contributed by atoms with Crippen LogP contribution in [0.2, 0.25) is 0 Å². The first-order valence-corrected chi connectivity index (χ1v) is 7.50. The molecule has 2 fully saturated rings. The number of hydrogen-bond donors (Lipinski definition) is 1. The van der Waals surface area contributed by atoms with E-state index in [9.17, 15) is 0 Å². The monoisotopic (exact) mass is 242 g/mol. The third kappa shape index (κ3) is 3.94. The van der Waals surface area contributed by atoms with Crippen molar-refractivity contribution in [1.29, 1.82) is 0 Å². The Morgan fingerprint density at radius 3 is 2.38 bits per heavy atom. The normalized spacial score (nSPS) is 25.9. The van der Waals surface area contributed by atoms with Gasteiger partial charge in [-0.25, -0.2) is 0 Å². The van der Waals surface area contributed by atoms with Crippen LogP contribution in [-0.2, 0) is 0 Å². The van der Waals surface area contributed by atoms with Crippen molar-refractivity contribution in [3.63, 3.8) is 0 Å². The van der Waals surface area contributed by atoms with E-state index in [4.69, 9.17) is 0 Å². The molecule has 2 aliphatic rings. The molecule has 2 nitrogen and oxygen atoms in total. The molecule has 0 aromatic carbocycles. The predicted octanol–water partition coefficient (Wildman–Crippen LogP) is 2.11. The molecule has 94 valence electrons. The van der Waals surface area contributed by atoms with Crippen molar-refractivity contribution in [2.45, 2.75) is 38.6 Å². The van der Waals surface area contributed by atoms with E-state index in [1.807, 2.05) is 0 Å². The fourth-order valence-electron chi connectivity index (χ4n) is 2.56. The van der Waals surface area contributed by atoms with E-state index in [1.54, 1.807) is 0 Å². The smallest absolute Gasteiger partial charge is 0.0113 e. The number of rotatable bonds is 6. The van der Waals surface area contributed by atoms with E-state index in [0.29, 0.717) is 0 Å². The van der Waals surface area contributed by atoms with Crippen molar-refractivity contribution in [1.82, 2.24) is 9.80 Å². The van der Waals surface area contributed by atoms with Gasteiger partial charge in [-0.05, 0) is 43.9 Å². The van der Waals surface area contributed by atoms with Crippen molar-refractivity contribution < 1.29 is 0 Å². The molecule has 0 aromatic heterocycles. The summed E-state index contributed by atoms with van der Waals surface area (Å²) in [6, 6.07) is 0.963. The van der Waals surface area contributed by atoms with E-state index in [1.165, 1.54) is 58.4 Å². The maximum absolute atomic E-state index is 4.30. The zero-order chi connectivity index (χ0) is 11.4. The lowest BCUT2D eigenvalue weighted by Gasteiger charge is -2.35. The second-order valence-corrected chi connectivity index (χ2v) is 5.96. The summed E-state index contributed by atoms with van der Waals surface area (Å²) in [6.07, 6.45) is 5.53. The highest BCUT2D eigenvalue weighted by molar-refractivity contribution is 7.80. The van der Waals surface area contributed by atoms with E-state index < -0.39 is 0 Å². The Hall–Kier alpha value is 0.270. The molecule has 1 saturated heterocycles. The van der Waals surface area contributed by atoms with Gasteiger partial charge in [-0.1, -0.05) is 6.92 Å². The van der Waals surface area contributed by atoms with Gasteiger partial charge in [0.25, 0.3) is 0 Å². The van der Waals surface area contributed by atoms with Crippen LogP contribution in [0.4, 0.5) is 0 Å². The van der Waals surface area contributed by atoms with E-state index in [-0.39, 0.29) is 0 Å². The van der Waals surface area contributed by atoms with E-state index in [2.05, 4.69) is 29.4 Å². The molecule has 0 bridgehead atoms. The maximum Gasteiger partial charge on any atom is 0.0113 e. The van der Waals surface area contributed by atoms with Gasteiger partial charge in [-0.3, -0.25) is 4.90 Å². The van der Waals surface area contributed by atoms with Crippen molar-refractivity contribution in [3.8, 4) is 0 Å². The molecule has 2 rings (SSSR count). The number of nitrogens with zero attached hydrogens (tertiary/aromatic N) is 2. The van der Waals surface area contributed by atoms with Gasteiger partial charge in [0, 0.05) is 32.2 Å². The van der Waals surface area contributed by atoms with Crippen LogP contribution < -0.4 is 0 Å². The van der Waals surface area contributed by atoms with Gasteiger partial charge in [0.1, 0.15) is 0 Å². The third-order valence-electron chi connectivity index (χ3n) is 4.03. The molecule has 1 saturated carbocycles. The molecule has 1 atom stereocenters. The highest BCUT2D eigenvalue weighted by Crippen LogP contribution is 2.27. The molecule has 3 heteroatoms. The summed E-state index contributed by atoms with van der Waals surface area (Å²) >= 11 is 4.30. The first-order valence-electron chi connectivity index (χ1n) is 6.87. The Bertz CT molecular complexity index is 198. The second kappa shape index (κ2) is 6.27. The van der Waals surface area contributed by atoms with Crippen molar-refractivity contribution in [3.05, 3.63) is 0 Å². The Balaban J connectivity index is 1.57. The molecule has 0 N–H and O–H groups in total. The van der Waals surface area contributed by atoms with Gasteiger partial charge >= 0.3 is 0 Å². The highest BCUT2D eigenvalue weighted by Gasteiger charge is 2.30. The Morgan fingerprint density at radius 1 is 1.12 bits per heavy atom. The Morgan fingerprint density at radius 2 is 1.81 bits per heavy atom. The fourth-order valence-corrected chi connectivity index (χ4v) is 3.00. The standard InChI is InChI=1S/C13H26N2S/c1-12(5-11-16)4-6-14-7-9-15(10-8-14)13-2-3-13/h12-13,16H,2-11H2,1H3. The van der Waals surface area contributed by atoms with Gasteiger partial charge in [0.05, 0.1) is 0 Å². The van der Waals surface area contributed by atoms with Crippen molar-refractivity contribution in [2.75, 3.05) is 38.5 Å². The lowest BCUT2D eigenvalue weighted by atomic mass is 10.0. The van der Waals surface area contributed by atoms with Gasteiger partial charge in [0.2, 0.25) is 0 Å². The van der Waals surface area contributed by atoms with Crippen LogP contribution in [0.15, 0.2) is 0 Å². The summed E-state index contributed by atoms with van der Waals surface area (Å²) in [4.78, 5) is 5.33. The summed E-state index contributed by atoms with van der Waals surface area (Å²) in [5, 5.41) is 0. The van der Waals surface area contributed by atoms with Crippen LogP contribution in [0.3, 0.4) is 0 Å². The molecular weight excluding hydrogens is 216 g/mol. The Labute approximate surface area is 106 Å². The number of piperazine rings is 1. The second-order valence-electron chi connectivity index (χ2n) is 5.51. The molecular formula is C13H26N2S. The molecule has 1 aliphatic carbocycles. The lowest BCUT2D eigenvalue weighted by Crippen LogP contribution is -2.47. The van der Waals surface area contributed by atoms with Gasteiger partial charge in [-0.2, -0.15) is 12.6 Å². The van der Waals surface area contributed by atoms with Crippen LogP contribution in [0.1, 0.15) is 32.6 Å². The number of thiol groups is 1. The molecule has 0 amide bonds. The summed E-state index contributed by atoms with van der Waals surface area (Å²) < 4.78 is 0. The van der Waals surface area contributed by atoms with Crippen LogP contribution in [0.25, 0.3) is 0 Å². The zero-order valence-corrected chi connectivity index (χ0v) is 11.5. The zero-order valence-electron chi connectivity index (χ0n) is 10.6. The summed E-state index contributed by atoms with van der Waals surface area (Å²) in [5.41, 5.74) is 0.